The summed E-state index contributed by atoms with van der Waals surface area (Å²) in [4.78, 5) is 6.78. The van der Waals surface area contributed by atoms with Crippen molar-refractivity contribution in [2.24, 2.45) is 0 Å². The maximum atomic E-state index is 13.1. The summed E-state index contributed by atoms with van der Waals surface area (Å²) in [5.41, 5.74) is -0.522. The number of aromatic nitrogens is 2. The van der Waals surface area contributed by atoms with Gasteiger partial charge in [-0.1, -0.05) is 6.92 Å². The van der Waals surface area contributed by atoms with Crippen LogP contribution < -0.4 is 5.32 Å². The molecule has 2 N–H and O–H groups in total. The van der Waals surface area contributed by atoms with Crippen LogP contribution in [-0.2, 0) is 12.7 Å². The molecule has 0 aliphatic heterocycles. The molecule has 0 spiro atoms. The van der Waals surface area contributed by atoms with E-state index in [9.17, 15) is 17.6 Å². The van der Waals surface area contributed by atoms with E-state index in [4.69, 9.17) is 0 Å². The van der Waals surface area contributed by atoms with Gasteiger partial charge in [0, 0.05) is 24.0 Å². The molecule has 2 rings (SSSR count). The summed E-state index contributed by atoms with van der Waals surface area (Å²) in [7, 11) is 0. The van der Waals surface area contributed by atoms with E-state index in [1.165, 1.54) is 6.20 Å². The summed E-state index contributed by atoms with van der Waals surface area (Å²) < 4.78 is 51.9. The standard InChI is InChI=1S/C14H15F4N3/c1-2-5-19-7-10-8-20-13(21-10)11-4-3-9(15)6-12(11)14(16,17)18/h3-4,6,8,19H,2,5,7H2,1H3,(H,20,21). The van der Waals surface area contributed by atoms with Crippen LogP contribution in [0.4, 0.5) is 17.6 Å². The van der Waals surface area contributed by atoms with Crippen molar-refractivity contribution in [2.45, 2.75) is 26.1 Å². The van der Waals surface area contributed by atoms with E-state index in [-0.39, 0.29) is 11.4 Å². The van der Waals surface area contributed by atoms with Crippen molar-refractivity contribution in [2.75, 3.05) is 6.54 Å². The molecule has 7 heteroatoms. The minimum absolute atomic E-state index is 0.0793. The molecule has 0 amide bonds. The second kappa shape index (κ2) is 6.26. The summed E-state index contributed by atoms with van der Waals surface area (Å²) in [5.74, 6) is -0.849. The molecule has 1 heterocycles. The molecule has 0 aliphatic carbocycles. The Balaban J connectivity index is 2.30. The highest BCUT2D eigenvalue weighted by molar-refractivity contribution is 5.61. The van der Waals surface area contributed by atoms with Gasteiger partial charge in [-0.05, 0) is 31.2 Å². The van der Waals surface area contributed by atoms with E-state index in [0.29, 0.717) is 18.3 Å². The minimum Gasteiger partial charge on any atom is -0.341 e. The SMILES string of the molecule is CCCNCc1cnc(-c2ccc(F)cc2C(F)(F)F)[nH]1. The van der Waals surface area contributed by atoms with Gasteiger partial charge in [0.05, 0.1) is 5.56 Å². The van der Waals surface area contributed by atoms with Crippen molar-refractivity contribution in [3.05, 3.63) is 41.5 Å². The number of benzene rings is 1. The van der Waals surface area contributed by atoms with E-state index >= 15 is 0 Å². The van der Waals surface area contributed by atoms with Crippen LogP contribution in [0.1, 0.15) is 24.6 Å². The molecule has 0 radical (unpaired) electrons. The third kappa shape index (κ3) is 3.81. The predicted molar refractivity (Wildman–Crippen MR) is 71.0 cm³/mol. The monoisotopic (exact) mass is 301 g/mol. The van der Waals surface area contributed by atoms with Gasteiger partial charge in [-0.25, -0.2) is 9.37 Å². The van der Waals surface area contributed by atoms with Crippen molar-refractivity contribution in [1.29, 1.82) is 0 Å². The van der Waals surface area contributed by atoms with E-state index in [1.807, 2.05) is 6.92 Å². The van der Waals surface area contributed by atoms with Crippen LogP contribution in [-0.4, -0.2) is 16.5 Å². The molecule has 2 aromatic rings. The Morgan fingerprint density at radius 2 is 2.05 bits per heavy atom. The fourth-order valence-corrected chi connectivity index (χ4v) is 1.94. The van der Waals surface area contributed by atoms with Crippen LogP contribution in [0, 0.1) is 5.82 Å². The van der Waals surface area contributed by atoms with Gasteiger partial charge >= 0.3 is 6.18 Å². The highest BCUT2D eigenvalue weighted by atomic mass is 19.4. The van der Waals surface area contributed by atoms with Gasteiger partial charge in [0.15, 0.2) is 0 Å². The maximum absolute atomic E-state index is 13.1. The Kier molecular flexibility index (Phi) is 4.62. The topological polar surface area (TPSA) is 40.7 Å². The van der Waals surface area contributed by atoms with Gasteiger partial charge in [0.25, 0.3) is 0 Å². The normalized spacial score (nSPS) is 11.9. The molecule has 114 valence electrons. The molecular weight excluding hydrogens is 286 g/mol. The highest BCUT2D eigenvalue weighted by Crippen LogP contribution is 2.36. The molecule has 0 bridgehead atoms. The Morgan fingerprint density at radius 3 is 2.71 bits per heavy atom. The van der Waals surface area contributed by atoms with Gasteiger partial charge < -0.3 is 10.3 Å². The van der Waals surface area contributed by atoms with Crippen molar-refractivity contribution in [3.63, 3.8) is 0 Å². The van der Waals surface area contributed by atoms with Gasteiger partial charge in [0.2, 0.25) is 0 Å². The number of hydrogen-bond donors (Lipinski definition) is 2. The minimum atomic E-state index is -4.63. The largest absolute Gasteiger partial charge is 0.417 e. The average molecular weight is 301 g/mol. The fraction of sp³-hybridized carbons (Fsp3) is 0.357. The van der Waals surface area contributed by atoms with Crippen molar-refractivity contribution in [3.8, 4) is 11.4 Å². The quantitative estimate of drug-likeness (QED) is 0.652. The summed E-state index contributed by atoms with van der Waals surface area (Å²) in [6.07, 6.45) is -2.20. The Bertz CT molecular complexity index is 605. The first kappa shape index (κ1) is 15.5. The average Bonchev–Trinajstić information content (AvgIpc) is 2.87. The Hall–Kier alpha value is -1.89. The van der Waals surface area contributed by atoms with Gasteiger partial charge in [0.1, 0.15) is 11.6 Å². The van der Waals surface area contributed by atoms with Gasteiger partial charge in [-0.2, -0.15) is 13.2 Å². The second-order valence-corrected chi connectivity index (χ2v) is 4.62. The summed E-state index contributed by atoms with van der Waals surface area (Å²) in [5, 5.41) is 3.12. The molecule has 0 atom stereocenters. The van der Waals surface area contributed by atoms with Crippen LogP contribution in [0.25, 0.3) is 11.4 Å². The summed E-state index contributed by atoms with van der Waals surface area (Å²) >= 11 is 0. The number of aromatic amines is 1. The first-order chi connectivity index (χ1) is 9.91. The molecule has 0 aliphatic rings. The number of nitrogens with one attached hydrogen (secondary N) is 2. The maximum Gasteiger partial charge on any atom is 0.417 e. The molecule has 1 aromatic carbocycles. The van der Waals surface area contributed by atoms with Crippen LogP contribution in [0.5, 0.6) is 0 Å². The lowest BCUT2D eigenvalue weighted by molar-refractivity contribution is -0.137. The third-order valence-corrected chi connectivity index (χ3v) is 2.91. The lowest BCUT2D eigenvalue weighted by atomic mass is 10.1. The van der Waals surface area contributed by atoms with Crippen molar-refractivity contribution < 1.29 is 17.6 Å². The Labute approximate surface area is 119 Å². The molecule has 0 fully saturated rings. The zero-order valence-corrected chi connectivity index (χ0v) is 11.4. The number of nitrogens with zero attached hydrogens (tertiary/aromatic N) is 1. The van der Waals surface area contributed by atoms with Gasteiger partial charge in [-0.3, -0.25) is 0 Å². The lowest BCUT2D eigenvalue weighted by Gasteiger charge is -2.11. The van der Waals surface area contributed by atoms with Crippen LogP contribution >= 0.6 is 0 Å². The zero-order valence-electron chi connectivity index (χ0n) is 11.4. The first-order valence-electron chi connectivity index (χ1n) is 6.53. The lowest BCUT2D eigenvalue weighted by Crippen LogP contribution is -2.14. The number of alkyl halides is 3. The van der Waals surface area contributed by atoms with E-state index < -0.39 is 17.6 Å². The smallest absolute Gasteiger partial charge is 0.341 e. The number of H-pyrrole nitrogens is 1. The molecular formula is C14H15F4N3. The molecule has 0 unspecified atom stereocenters. The molecule has 3 nitrogen and oxygen atoms in total. The van der Waals surface area contributed by atoms with Crippen molar-refractivity contribution in [1.82, 2.24) is 15.3 Å². The number of hydrogen-bond acceptors (Lipinski definition) is 2. The number of rotatable bonds is 5. The third-order valence-electron chi connectivity index (χ3n) is 2.91. The molecule has 21 heavy (non-hydrogen) atoms. The molecule has 1 aromatic heterocycles. The van der Waals surface area contributed by atoms with Crippen LogP contribution in [0.2, 0.25) is 0 Å². The predicted octanol–water partition coefficient (Wildman–Crippen LogP) is 3.73. The van der Waals surface area contributed by atoms with E-state index in [2.05, 4.69) is 15.3 Å². The first-order valence-corrected chi connectivity index (χ1v) is 6.53. The van der Waals surface area contributed by atoms with E-state index in [0.717, 1.165) is 25.1 Å². The molecule has 0 saturated heterocycles. The zero-order chi connectivity index (χ0) is 15.5. The van der Waals surface area contributed by atoms with Crippen LogP contribution in [0.15, 0.2) is 24.4 Å². The second-order valence-electron chi connectivity index (χ2n) is 4.62. The number of halogens is 4. The molecule has 0 saturated carbocycles. The van der Waals surface area contributed by atoms with E-state index in [1.54, 1.807) is 0 Å². The summed E-state index contributed by atoms with van der Waals surface area (Å²) in [6.45, 7) is 3.31. The Morgan fingerprint density at radius 1 is 1.29 bits per heavy atom. The van der Waals surface area contributed by atoms with Crippen LogP contribution in [0.3, 0.4) is 0 Å². The number of imidazole rings is 1. The highest BCUT2D eigenvalue weighted by Gasteiger charge is 2.34. The summed E-state index contributed by atoms with van der Waals surface area (Å²) in [6, 6.07) is 2.55. The fourth-order valence-electron chi connectivity index (χ4n) is 1.94. The van der Waals surface area contributed by atoms with Gasteiger partial charge in [-0.15, -0.1) is 0 Å². The van der Waals surface area contributed by atoms with Crippen molar-refractivity contribution >= 4 is 0 Å².